The fourth-order valence-electron chi connectivity index (χ4n) is 2.01. The summed E-state index contributed by atoms with van der Waals surface area (Å²) < 4.78 is 2.29. The van der Waals surface area contributed by atoms with Crippen molar-refractivity contribution in [2.24, 2.45) is 0 Å². The summed E-state index contributed by atoms with van der Waals surface area (Å²) in [5.41, 5.74) is 2.92. The summed E-state index contributed by atoms with van der Waals surface area (Å²) in [7, 11) is 2.14. The molecule has 0 aliphatic rings. The maximum atomic E-state index is 2.29. The number of aromatic nitrogens is 1. The lowest BCUT2D eigenvalue weighted by molar-refractivity contribution is 0.567. The van der Waals surface area contributed by atoms with Gasteiger partial charge in [-0.3, -0.25) is 0 Å². The molecule has 1 aromatic carbocycles. The van der Waals surface area contributed by atoms with E-state index in [0.29, 0.717) is 0 Å². The maximum absolute atomic E-state index is 2.29. The van der Waals surface area contributed by atoms with Gasteiger partial charge >= 0.3 is 0 Å². The molecule has 0 unspecified atom stereocenters. The fourth-order valence-corrected chi connectivity index (χ4v) is 2.01. The quantitative estimate of drug-likeness (QED) is 0.555. The number of para-hydroxylation sites is 1. The van der Waals surface area contributed by atoms with Gasteiger partial charge in [0.15, 0.2) is 0 Å². The molecule has 1 aromatic heterocycles. The van der Waals surface area contributed by atoms with Gasteiger partial charge in [0, 0.05) is 16.6 Å². The van der Waals surface area contributed by atoms with Crippen LogP contribution in [0.5, 0.6) is 0 Å². The number of hydrogen-bond donors (Lipinski definition) is 0. The van der Waals surface area contributed by atoms with E-state index < -0.39 is 0 Å². The Bertz CT molecular complexity index is 463. The van der Waals surface area contributed by atoms with Crippen LogP contribution in [0.3, 0.4) is 0 Å². The molecule has 72 valence electrons. The maximum Gasteiger partial charge on any atom is 0.223 e. The lowest BCUT2D eigenvalue weighted by atomic mass is 9.91. The molecule has 0 atom stereocenters. The van der Waals surface area contributed by atoms with E-state index in [1.165, 1.54) is 16.6 Å². The van der Waals surface area contributed by atoms with Gasteiger partial charge in [-0.1, -0.05) is 39.0 Å². The van der Waals surface area contributed by atoms with Crippen LogP contribution in [-0.2, 0) is 5.41 Å². The van der Waals surface area contributed by atoms with Crippen LogP contribution in [-0.4, -0.2) is 12.5 Å². The summed E-state index contributed by atoms with van der Waals surface area (Å²) in [5.74, 6) is 0. The van der Waals surface area contributed by atoms with Gasteiger partial charge in [-0.05, 0) is 17.5 Å². The smallest absolute Gasteiger partial charge is 0.223 e. The van der Waals surface area contributed by atoms with Crippen molar-refractivity contribution in [3.05, 3.63) is 36.0 Å². The molecule has 1 heterocycles. The highest BCUT2D eigenvalue weighted by atomic mass is 14.9. The van der Waals surface area contributed by atoms with Crippen molar-refractivity contribution in [3.63, 3.8) is 0 Å². The first kappa shape index (κ1) is 9.38. The van der Waals surface area contributed by atoms with Crippen molar-refractivity contribution in [2.75, 3.05) is 0 Å². The molecule has 2 heteroatoms. The summed E-state index contributed by atoms with van der Waals surface area (Å²) in [5, 5.41) is 1.33. The van der Waals surface area contributed by atoms with Gasteiger partial charge < -0.3 is 4.48 Å². The number of nitrogens with zero attached hydrogens (tertiary/aromatic N) is 1. The number of rotatable bonds is 0. The second kappa shape index (κ2) is 2.91. The minimum atomic E-state index is 0.216. The second-order valence-corrected chi connectivity index (χ2v) is 4.90. The van der Waals surface area contributed by atoms with Crippen molar-refractivity contribution in [2.45, 2.75) is 26.2 Å². The summed E-state index contributed by atoms with van der Waals surface area (Å²) >= 11 is 0. The van der Waals surface area contributed by atoms with Crippen LogP contribution in [0.1, 0.15) is 26.5 Å². The highest BCUT2D eigenvalue weighted by Gasteiger charge is 2.18. The van der Waals surface area contributed by atoms with E-state index in [1.54, 1.807) is 0 Å². The minimum Gasteiger partial charge on any atom is -0.396 e. The highest BCUT2D eigenvalue weighted by Crippen LogP contribution is 2.27. The van der Waals surface area contributed by atoms with E-state index in [0.717, 1.165) is 0 Å². The summed E-state index contributed by atoms with van der Waals surface area (Å²) in [4.78, 5) is 0. The van der Waals surface area contributed by atoms with Crippen LogP contribution in [0.4, 0.5) is 0 Å². The molecule has 0 bridgehead atoms. The molecule has 0 saturated heterocycles. The zero-order valence-corrected chi connectivity index (χ0v) is 9.33. The van der Waals surface area contributed by atoms with Crippen LogP contribution >= 0.6 is 0 Å². The molecule has 0 radical (unpaired) electrons. The van der Waals surface area contributed by atoms with Crippen LogP contribution in [0.25, 0.3) is 10.9 Å². The Kier molecular flexibility index (Phi) is 1.95. The zero-order valence-electron chi connectivity index (χ0n) is 9.33. The number of fused-ring (bicyclic) bond motifs is 1. The topological polar surface area (TPSA) is 4.93 Å². The average molecular weight is 185 g/mol. The van der Waals surface area contributed by atoms with Crippen molar-refractivity contribution >= 4 is 18.9 Å². The van der Waals surface area contributed by atoms with Gasteiger partial charge in [-0.25, -0.2) is 0 Å². The summed E-state index contributed by atoms with van der Waals surface area (Å²) in [6.45, 7) is 6.75. The fraction of sp³-hybridized carbons (Fsp3) is 0.333. The van der Waals surface area contributed by atoms with Crippen molar-refractivity contribution in [3.8, 4) is 0 Å². The Hall–Kier alpha value is -1.18. The van der Waals surface area contributed by atoms with E-state index in [4.69, 9.17) is 0 Å². The lowest BCUT2D eigenvalue weighted by Gasteiger charge is -2.20. The molecular weight excluding hydrogens is 169 g/mol. The average Bonchev–Trinajstić information content (AvgIpc) is 2.44. The zero-order chi connectivity index (χ0) is 10.3. The third-order valence-corrected chi connectivity index (χ3v) is 2.72. The molecule has 0 amide bonds. The van der Waals surface area contributed by atoms with Crippen molar-refractivity contribution in [1.82, 2.24) is 4.48 Å². The van der Waals surface area contributed by atoms with Crippen molar-refractivity contribution in [1.29, 1.82) is 0 Å². The predicted molar refractivity (Wildman–Crippen MR) is 64.6 cm³/mol. The first-order valence-electron chi connectivity index (χ1n) is 5.05. The van der Waals surface area contributed by atoms with Gasteiger partial charge in [-0.2, -0.15) is 0 Å². The first-order valence-corrected chi connectivity index (χ1v) is 5.05. The largest absolute Gasteiger partial charge is 0.396 e. The predicted octanol–water partition coefficient (Wildman–Crippen LogP) is 2.33. The van der Waals surface area contributed by atoms with E-state index in [9.17, 15) is 0 Å². The minimum absolute atomic E-state index is 0.216. The Labute approximate surface area is 86.2 Å². The van der Waals surface area contributed by atoms with Crippen molar-refractivity contribution < 1.29 is 0 Å². The molecule has 2 rings (SSSR count). The van der Waals surface area contributed by atoms with E-state index >= 15 is 0 Å². The molecule has 0 spiro atoms. The molecule has 0 fully saturated rings. The van der Waals surface area contributed by atoms with Gasteiger partial charge in [0.1, 0.15) is 0 Å². The van der Waals surface area contributed by atoms with Crippen LogP contribution in [0.2, 0.25) is 0 Å². The SMILES string of the molecule is Bn1c(C(C)(C)C)cc2ccccc21. The summed E-state index contributed by atoms with van der Waals surface area (Å²) in [6.07, 6.45) is 0. The molecule has 1 nitrogen and oxygen atoms in total. The Morgan fingerprint density at radius 1 is 1.14 bits per heavy atom. The molecule has 0 aliphatic carbocycles. The Morgan fingerprint density at radius 3 is 2.36 bits per heavy atom. The number of hydrogen-bond acceptors (Lipinski definition) is 0. The second-order valence-electron chi connectivity index (χ2n) is 4.90. The normalized spacial score (nSPS) is 12.2. The molecule has 2 aromatic rings. The van der Waals surface area contributed by atoms with E-state index in [1.807, 2.05) is 0 Å². The van der Waals surface area contributed by atoms with Gasteiger partial charge in [0.25, 0.3) is 0 Å². The third kappa shape index (κ3) is 1.35. The molecule has 14 heavy (non-hydrogen) atoms. The Morgan fingerprint density at radius 2 is 1.79 bits per heavy atom. The number of benzene rings is 1. The molecular formula is C12H16BN. The van der Waals surface area contributed by atoms with Crippen LogP contribution in [0.15, 0.2) is 30.3 Å². The summed E-state index contributed by atoms with van der Waals surface area (Å²) in [6, 6.07) is 10.8. The van der Waals surface area contributed by atoms with Gasteiger partial charge in [0.2, 0.25) is 7.98 Å². The highest BCUT2D eigenvalue weighted by molar-refractivity contribution is 6.12. The van der Waals surface area contributed by atoms with Crippen LogP contribution in [0, 0.1) is 0 Å². The van der Waals surface area contributed by atoms with Gasteiger partial charge in [-0.15, -0.1) is 0 Å². The van der Waals surface area contributed by atoms with E-state index in [2.05, 4.69) is 63.6 Å². The van der Waals surface area contributed by atoms with Gasteiger partial charge in [0.05, 0.1) is 0 Å². The molecule has 0 saturated carbocycles. The Balaban J connectivity index is 2.75. The standard InChI is InChI=1S/C12H16BN/c1-12(2,3)11-8-9-6-4-5-7-10(9)14(11)13/h4-8H,13H2,1-3H3. The molecule has 0 aliphatic heterocycles. The third-order valence-electron chi connectivity index (χ3n) is 2.72. The monoisotopic (exact) mass is 185 g/mol. The lowest BCUT2D eigenvalue weighted by Crippen LogP contribution is -2.16. The first-order chi connectivity index (χ1) is 6.50. The van der Waals surface area contributed by atoms with E-state index in [-0.39, 0.29) is 5.41 Å². The van der Waals surface area contributed by atoms with Crippen LogP contribution < -0.4 is 0 Å². The molecule has 0 N–H and O–H groups in total.